The van der Waals surface area contributed by atoms with Crippen molar-refractivity contribution in [1.82, 2.24) is 5.32 Å². The Labute approximate surface area is 149 Å². The molecule has 2 rings (SSSR count). The SMILES string of the molecule is CC(C)C1CCC(C)(OC(=O)NC=O)C(c2ccc(CC#N)cc2)C1. The number of nitriles is 1. The van der Waals surface area contributed by atoms with Crippen LogP contribution in [0.2, 0.25) is 0 Å². The topological polar surface area (TPSA) is 79.2 Å². The molecule has 1 aliphatic rings. The summed E-state index contributed by atoms with van der Waals surface area (Å²) >= 11 is 0. The minimum absolute atomic E-state index is 0.0576. The largest absolute Gasteiger partial charge is 0.442 e. The zero-order valence-corrected chi connectivity index (χ0v) is 15.1. The van der Waals surface area contributed by atoms with Crippen LogP contribution in [-0.4, -0.2) is 18.1 Å². The third-order valence-corrected chi connectivity index (χ3v) is 5.40. The predicted octanol–water partition coefficient (Wildman–Crippen LogP) is 3.93. The van der Waals surface area contributed by atoms with Gasteiger partial charge in [0.1, 0.15) is 5.60 Å². The second-order valence-electron chi connectivity index (χ2n) is 7.37. The lowest BCUT2D eigenvalue weighted by Gasteiger charge is -2.45. The van der Waals surface area contributed by atoms with E-state index in [9.17, 15) is 9.59 Å². The van der Waals surface area contributed by atoms with E-state index in [0.29, 0.717) is 24.7 Å². The van der Waals surface area contributed by atoms with Gasteiger partial charge >= 0.3 is 6.09 Å². The molecule has 134 valence electrons. The van der Waals surface area contributed by atoms with Gasteiger partial charge in [-0.1, -0.05) is 38.1 Å². The van der Waals surface area contributed by atoms with Crippen molar-refractivity contribution in [1.29, 1.82) is 5.26 Å². The van der Waals surface area contributed by atoms with Gasteiger partial charge in [-0.15, -0.1) is 0 Å². The molecule has 3 atom stereocenters. The first kappa shape index (κ1) is 19.0. The minimum atomic E-state index is -0.702. The number of alkyl carbamates (subject to hydrolysis) is 1. The molecule has 0 radical (unpaired) electrons. The number of hydrogen-bond acceptors (Lipinski definition) is 4. The summed E-state index contributed by atoms with van der Waals surface area (Å²) in [7, 11) is 0. The molecule has 1 aromatic carbocycles. The zero-order chi connectivity index (χ0) is 18.4. The summed E-state index contributed by atoms with van der Waals surface area (Å²) in [5.74, 6) is 1.19. The third kappa shape index (κ3) is 4.60. The molecule has 1 aliphatic carbocycles. The van der Waals surface area contributed by atoms with Crippen molar-refractivity contribution in [3.63, 3.8) is 0 Å². The van der Waals surface area contributed by atoms with Gasteiger partial charge in [0.15, 0.2) is 0 Å². The standard InChI is InChI=1S/C20H26N2O3/c1-14(2)17-8-10-20(3,25-19(24)22-13-23)18(12-17)16-6-4-15(5-7-16)9-11-21/h4-7,13-14,17-18H,8-10,12H2,1-3H3,(H,22,23,24). The number of carbonyl (C=O) groups is 2. The van der Waals surface area contributed by atoms with E-state index in [0.717, 1.165) is 30.4 Å². The van der Waals surface area contributed by atoms with E-state index < -0.39 is 11.7 Å². The first-order valence-corrected chi connectivity index (χ1v) is 8.78. The van der Waals surface area contributed by atoms with Gasteiger partial charge in [0.2, 0.25) is 6.41 Å². The second-order valence-corrected chi connectivity index (χ2v) is 7.37. The molecule has 5 heteroatoms. The van der Waals surface area contributed by atoms with E-state index in [1.54, 1.807) is 0 Å². The molecule has 0 heterocycles. The van der Waals surface area contributed by atoms with E-state index in [-0.39, 0.29) is 5.92 Å². The molecular formula is C20H26N2O3. The van der Waals surface area contributed by atoms with Gasteiger partial charge in [0.05, 0.1) is 12.5 Å². The lowest BCUT2D eigenvalue weighted by molar-refractivity contribution is -0.109. The summed E-state index contributed by atoms with van der Waals surface area (Å²) in [5, 5.41) is 10.9. The molecule has 25 heavy (non-hydrogen) atoms. The van der Waals surface area contributed by atoms with Gasteiger partial charge in [0, 0.05) is 5.92 Å². The maximum absolute atomic E-state index is 11.8. The van der Waals surface area contributed by atoms with Gasteiger partial charge in [-0.2, -0.15) is 5.26 Å². The monoisotopic (exact) mass is 342 g/mol. The fourth-order valence-electron chi connectivity index (χ4n) is 3.78. The number of benzene rings is 1. The van der Waals surface area contributed by atoms with E-state index in [1.165, 1.54) is 0 Å². The van der Waals surface area contributed by atoms with Gasteiger partial charge in [-0.05, 0) is 49.1 Å². The third-order valence-electron chi connectivity index (χ3n) is 5.40. The molecule has 1 N–H and O–H groups in total. The van der Waals surface area contributed by atoms with Crippen molar-refractivity contribution in [3.8, 4) is 6.07 Å². The molecule has 1 fully saturated rings. The number of carbonyl (C=O) groups excluding carboxylic acids is 2. The zero-order valence-electron chi connectivity index (χ0n) is 15.1. The normalized spacial score (nSPS) is 25.9. The van der Waals surface area contributed by atoms with E-state index in [4.69, 9.17) is 10.00 Å². The summed E-state index contributed by atoms with van der Waals surface area (Å²) in [4.78, 5) is 22.4. The lowest BCUT2D eigenvalue weighted by Crippen LogP contribution is -2.45. The van der Waals surface area contributed by atoms with Crippen LogP contribution in [0.1, 0.15) is 57.1 Å². The van der Waals surface area contributed by atoms with Crippen molar-refractivity contribution in [3.05, 3.63) is 35.4 Å². The van der Waals surface area contributed by atoms with E-state index >= 15 is 0 Å². The summed E-state index contributed by atoms with van der Waals surface area (Å²) in [6.45, 7) is 6.39. The highest BCUT2D eigenvalue weighted by Crippen LogP contribution is 2.47. The molecule has 2 amide bonds. The molecule has 5 nitrogen and oxygen atoms in total. The van der Waals surface area contributed by atoms with Gasteiger partial charge < -0.3 is 4.74 Å². The molecule has 0 bridgehead atoms. The molecule has 0 spiro atoms. The Morgan fingerprint density at radius 3 is 2.68 bits per heavy atom. The Hall–Kier alpha value is -2.35. The predicted molar refractivity (Wildman–Crippen MR) is 94.8 cm³/mol. The fraction of sp³-hybridized carbons (Fsp3) is 0.550. The van der Waals surface area contributed by atoms with Crippen LogP contribution < -0.4 is 5.32 Å². The number of ether oxygens (including phenoxy) is 1. The number of imide groups is 1. The Bertz CT molecular complexity index is 648. The quantitative estimate of drug-likeness (QED) is 0.822. The van der Waals surface area contributed by atoms with Crippen LogP contribution in [0, 0.1) is 23.2 Å². The van der Waals surface area contributed by atoms with Crippen molar-refractivity contribution in [2.45, 2.75) is 58.0 Å². The van der Waals surface area contributed by atoms with Crippen molar-refractivity contribution >= 4 is 12.5 Å². The van der Waals surface area contributed by atoms with Crippen LogP contribution in [-0.2, 0) is 16.0 Å². The maximum atomic E-state index is 11.8. The second kappa shape index (κ2) is 8.15. The summed E-state index contributed by atoms with van der Waals surface area (Å²) in [6.07, 6.45) is 2.71. The molecule has 0 aromatic heterocycles. The molecule has 3 unspecified atom stereocenters. The van der Waals surface area contributed by atoms with Crippen molar-refractivity contribution < 1.29 is 14.3 Å². The van der Waals surface area contributed by atoms with Crippen LogP contribution in [0.15, 0.2) is 24.3 Å². The van der Waals surface area contributed by atoms with Crippen LogP contribution in [0.5, 0.6) is 0 Å². The van der Waals surface area contributed by atoms with Gasteiger partial charge in [0.25, 0.3) is 0 Å². The molecule has 0 saturated heterocycles. The molecule has 1 saturated carbocycles. The van der Waals surface area contributed by atoms with E-state index in [1.807, 2.05) is 31.2 Å². The first-order chi connectivity index (χ1) is 11.9. The Morgan fingerprint density at radius 2 is 2.12 bits per heavy atom. The van der Waals surface area contributed by atoms with Crippen molar-refractivity contribution in [2.24, 2.45) is 11.8 Å². The highest BCUT2D eigenvalue weighted by molar-refractivity contribution is 5.80. The molecular weight excluding hydrogens is 316 g/mol. The maximum Gasteiger partial charge on any atom is 0.414 e. The van der Waals surface area contributed by atoms with Crippen LogP contribution in [0.25, 0.3) is 0 Å². The smallest absolute Gasteiger partial charge is 0.414 e. The number of hydrogen-bond donors (Lipinski definition) is 1. The van der Waals surface area contributed by atoms with Crippen LogP contribution >= 0.6 is 0 Å². The summed E-state index contributed by atoms with van der Waals surface area (Å²) in [5.41, 5.74) is 1.42. The first-order valence-electron chi connectivity index (χ1n) is 8.78. The van der Waals surface area contributed by atoms with Gasteiger partial charge in [-0.25, -0.2) is 4.79 Å². The van der Waals surface area contributed by atoms with Crippen LogP contribution in [0.4, 0.5) is 4.79 Å². The van der Waals surface area contributed by atoms with E-state index in [2.05, 4.69) is 25.2 Å². The average Bonchev–Trinajstić information content (AvgIpc) is 2.56. The number of nitrogens with zero attached hydrogens (tertiary/aromatic N) is 1. The highest BCUT2D eigenvalue weighted by atomic mass is 16.6. The minimum Gasteiger partial charge on any atom is -0.442 e. The van der Waals surface area contributed by atoms with Crippen molar-refractivity contribution in [2.75, 3.05) is 0 Å². The molecule has 0 aliphatic heterocycles. The highest BCUT2D eigenvalue weighted by Gasteiger charge is 2.44. The van der Waals surface area contributed by atoms with Crippen LogP contribution in [0.3, 0.4) is 0 Å². The van der Waals surface area contributed by atoms with Gasteiger partial charge in [-0.3, -0.25) is 10.1 Å². The Morgan fingerprint density at radius 1 is 1.44 bits per heavy atom. The Kier molecular flexibility index (Phi) is 6.19. The fourth-order valence-corrected chi connectivity index (χ4v) is 3.78. The number of amides is 2. The molecule has 1 aromatic rings. The lowest BCUT2D eigenvalue weighted by atomic mass is 9.66. The summed E-state index contributed by atoms with van der Waals surface area (Å²) < 4.78 is 5.66. The average molecular weight is 342 g/mol. The summed E-state index contributed by atoms with van der Waals surface area (Å²) in [6, 6.07) is 10.1. The number of rotatable bonds is 5. The number of nitrogens with one attached hydrogen (secondary N) is 1. The Balaban J connectivity index is 2.29.